The van der Waals surface area contributed by atoms with E-state index in [0.29, 0.717) is 0 Å². The van der Waals surface area contributed by atoms with Crippen LogP contribution in [0.4, 0.5) is 0 Å². The third-order valence-electron chi connectivity index (χ3n) is 2.29. The summed E-state index contributed by atoms with van der Waals surface area (Å²) in [6.45, 7) is 5.95. The third-order valence-corrected chi connectivity index (χ3v) is 2.29. The van der Waals surface area contributed by atoms with E-state index in [1.807, 2.05) is 13.1 Å². The molecule has 1 nitrogen and oxygen atoms in total. The maximum absolute atomic E-state index is 3.79. The summed E-state index contributed by atoms with van der Waals surface area (Å²) >= 11 is 0. The van der Waals surface area contributed by atoms with Crippen LogP contribution in [0.2, 0.25) is 0 Å². The van der Waals surface area contributed by atoms with Gasteiger partial charge in [-0.3, -0.25) is 0 Å². The Morgan fingerprint density at radius 1 is 1.38 bits per heavy atom. The van der Waals surface area contributed by atoms with E-state index in [1.54, 1.807) is 0 Å². The van der Waals surface area contributed by atoms with Crippen LogP contribution in [-0.4, -0.2) is 7.05 Å². The van der Waals surface area contributed by atoms with Gasteiger partial charge in [0.25, 0.3) is 0 Å². The molecule has 0 amide bonds. The van der Waals surface area contributed by atoms with Crippen molar-refractivity contribution in [3.8, 4) is 0 Å². The number of hydrogen-bond donors (Lipinski definition) is 1. The van der Waals surface area contributed by atoms with E-state index in [0.717, 1.165) is 6.42 Å². The molecule has 0 spiro atoms. The van der Waals surface area contributed by atoms with Crippen molar-refractivity contribution in [2.45, 2.75) is 19.4 Å². The Labute approximate surface area is 80.5 Å². The smallest absolute Gasteiger partial charge is 0.0501 e. The van der Waals surface area contributed by atoms with E-state index >= 15 is 0 Å². The van der Waals surface area contributed by atoms with Gasteiger partial charge in [-0.2, -0.15) is 0 Å². The fourth-order valence-electron chi connectivity index (χ4n) is 1.38. The van der Waals surface area contributed by atoms with E-state index in [-0.39, 0.29) is 6.04 Å². The number of likely N-dealkylation sites (N-methyl/N-ethyl adjacent to an activating group) is 1. The quantitative estimate of drug-likeness (QED) is 0.694. The molecule has 1 aromatic rings. The lowest BCUT2D eigenvalue weighted by Crippen LogP contribution is -2.13. The molecule has 1 heteroatoms. The summed E-state index contributed by atoms with van der Waals surface area (Å²) in [6.07, 6.45) is 3.01. The molecule has 0 aliphatic carbocycles. The van der Waals surface area contributed by atoms with Gasteiger partial charge in [0.2, 0.25) is 0 Å². The summed E-state index contributed by atoms with van der Waals surface area (Å²) in [5, 5.41) is 3.19. The SMILES string of the molecule is C=CC(NC)c1ccc(CC)cc1. The topological polar surface area (TPSA) is 12.0 Å². The van der Waals surface area contributed by atoms with Crippen molar-refractivity contribution in [2.24, 2.45) is 0 Å². The molecule has 0 saturated heterocycles. The number of nitrogens with one attached hydrogen (secondary N) is 1. The summed E-state index contributed by atoms with van der Waals surface area (Å²) in [4.78, 5) is 0. The van der Waals surface area contributed by atoms with Crippen LogP contribution in [0.25, 0.3) is 0 Å². The van der Waals surface area contributed by atoms with Crippen LogP contribution in [-0.2, 0) is 6.42 Å². The Hall–Kier alpha value is -1.08. The number of hydrogen-bond acceptors (Lipinski definition) is 1. The molecule has 1 atom stereocenters. The van der Waals surface area contributed by atoms with Crippen LogP contribution in [0.1, 0.15) is 24.1 Å². The summed E-state index contributed by atoms with van der Waals surface area (Å²) in [5.41, 5.74) is 2.65. The van der Waals surface area contributed by atoms with Crippen LogP contribution in [0.5, 0.6) is 0 Å². The minimum Gasteiger partial charge on any atom is -0.310 e. The van der Waals surface area contributed by atoms with Crippen molar-refractivity contribution in [3.63, 3.8) is 0 Å². The molecule has 0 aliphatic heterocycles. The van der Waals surface area contributed by atoms with Gasteiger partial charge < -0.3 is 5.32 Å². The highest BCUT2D eigenvalue weighted by Gasteiger charge is 2.02. The van der Waals surface area contributed by atoms with Crippen molar-refractivity contribution < 1.29 is 0 Å². The van der Waals surface area contributed by atoms with Gasteiger partial charge in [0.15, 0.2) is 0 Å². The second-order valence-corrected chi connectivity index (χ2v) is 3.10. The first-order valence-electron chi connectivity index (χ1n) is 4.70. The Bertz CT molecular complexity index is 261. The van der Waals surface area contributed by atoms with Crippen molar-refractivity contribution in [3.05, 3.63) is 48.0 Å². The second kappa shape index (κ2) is 4.83. The van der Waals surface area contributed by atoms with Crippen LogP contribution < -0.4 is 5.32 Å². The highest BCUT2D eigenvalue weighted by molar-refractivity contribution is 5.27. The van der Waals surface area contributed by atoms with Crippen molar-refractivity contribution in [2.75, 3.05) is 7.05 Å². The average molecular weight is 175 g/mol. The normalized spacial score (nSPS) is 12.5. The molecule has 0 aliphatic rings. The second-order valence-electron chi connectivity index (χ2n) is 3.10. The van der Waals surface area contributed by atoms with Crippen LogP contribution in [0, 0.1) is 0 Å². The zero-order valence-electron chi connectivity index (χ0n) is 8.38. The van der Waals surface area contributed by atoms with Gasteiger partial charge in [-0.05, 0) is 24.6 Å². The Morgan fingerprint density at radius 2 is 2.00 bits per heavy atom. The zero-order chi connectivity index (χ0) is 9.68. The van der Waals surface area contributed by atoms with Gasteiger partial charge in [0.05, 0.1) is 6.04 Å². The van der Waals surface area contributed by atoms with E-state index < -0.39 is 0 Å². The van der Waals surface area contributed by atoms with Crippen molar-refractivity contribution >= 4 is 0 Å². The van der Waals surface area contributed by atoms with E-state index in [2.05, 4.69) is 43.1 Å². The third kappa shape index (κ3) is 2.43. The van der Waals surface area contributed by atoms with Crippen LogP contribution in [0.3, 0.4) is 0 Å². The predicted molar refractivity (Wildman–Crippen MR) is 57.8 cm³/mol. The molecule has 0 radical (unpaired) electrons. The number of benzene rings is 1. The van der Waals surface area contributed by atoms with E-state index in [9.17, 15) is 0 Å². The highest BCUT2D eigenvalue weighted by Crippen LogP contribution is 2.14. The first-order chi connectivity index (χ1) is 6.31. The summed E-state index contributed by atoms with van der Waals surface area (Å²) in [7, 11) is 1.94. The van der Waals surface area contributed by atoms with Crippen LogP contribution in [0.15, 0.2) is 36.9 Å². The molecule has 0 aromatic heterocycles. The zero-order valence-corrected chi connectivity index (χ0v) is 8.38. The Morgan fingerprint density at radius 3 is 2.38 bits per heavy atom. The van der Waals surface area contributed by atoms with Gasteiger partial charge in [0.1, 0.15) is 0 Å². The standard InChI is InChI=1S/C12H17N/c1-4-10-6-8-11(9-7-10)12(5-2)13-3/h5-9,12-13H,2,4H2,1,3H3. The van der Waals surface area contributed by atoms with E-state index in [4.69, 9.17) is 0 Å². The molecular formula is C12H17N. The van der Waals surface area contributed by atoms with Gasteiger partial charge in [-0.15, -0.1) is 6.58 Å². The average Bonchev–Trinajstić information content (AvgIpc) is 2.21. The molecule has 1 rings (SSSR count). The molecule has 1 unspecified atom stereocenters. The molecule has 0 bridgehead atoms. The summed E-state index contributed by atoms with van der Waals surface area (Å²) < 4.78 is 0. The number of rotatable bonds is 4. The minimum atomic E-state index is 0.269. The molecule has 13 heavy (non-hydrogen) atoms. The van der Waals surface area contributed by atoms with Gasteiger partial charge in [0, 0.05) is 0 Å². The monoisotopic (exact) mass is 175 g/mol. The van der Waals surface area contributed by atoms with Crippen LogP contribution >= 0.6 is 0 Å². The fourth-order valence-corrected chi connectivity index (χ4v) is 1.38. The Balaban J connectivity index is 2.83. The highest BCUT2D eigenvalue weighted by atomic mass is 14.9. The largest absolute Gasteiger partial charge is 0.310 e. The van der Waals surface area contributed by atoms with Crippen molar-refractivity contribution in [1.29, 1.82) is 0 Å². The first-order valence-corrected chi connectivity index (χ1v) is 4.70. The van der Waals surface area contributed by atoms with Gasteiger partial charge in [-0.25, -0.2) is 0 Å². The lowest BCUT2D eigenvalue weighted by molar-refractivity contribution is 0.716. The molecular weight excluding hydrogens is 158 g/mol. The molecule has 0 saturated carbocycles. The van der Waals surface area contributed by atoms with Crippen molar-refractivity contribution in [1.82, 2.24) is 5.32 Å². The number of aryl methyl sites for hydroxylation is 1. The maximum Gasteiger partial charge on any atom is 0.0501 e. The molecule has 70 valence electrons. The lowest BCUT2D eigenvalue weighted by atomic mass is 10.0. The van der Waals surface area contributed by atoms with Gasteiger partial charge in [-0.1, -0.05) is 37.3 Å². The van der Waals surface area contributed by atoms with E-state index in [1.165, 1.54) is 11.1 Å². The maximum atomic E-state index is 3.79. The summed E-state index contributed by atoms with van der Waals surface area (Å²) in [6, 6.07) is 8.92. The molecule has 0 fully saturated rings. The first kappa shape index (κ1) is 10.0. The molecule has 1 aromatic carbocycles. The van der Waals surface area contributed by atoms with Gasteiger partial charge >= 0.3 is 0 Å². The fraction of sp³-hybridized carbons (Fsp3) is 0.333. The predicted octanol–water partition coefficient (Wildman–Crippen LogP) is 2.70. The molecule has 1 N–H and O–H groups in total. The Kier molecular flexibility index (Phi) is 3.71. The molecule has 0 heterocycles. The summed E-state index contributed by atoms with van der Waals surface area (Å²) in [5.74, 6) is 0. The lowest BCUT2D eigenvalue weighted by Gasteiger charge is -2.11. The minimum absolute atomic E-state index is 0.269.